The Labute approximate surface area is 124 Å². The first-order chi connectivity index (χ1) is 9.58. The molecule has 0 radical (unpaired) electrons. The van der Waals surface area contributed by atoms with Crippen molar-refractivity contribution < 1.29 is 4.74 Å². The van der Waals surface area contributed by atoms with Crippen molar-refractivity contribution in [3.8, 4) is 5.75 Å². The number of thiocarbonyl (C=S) groups is 1. The highest BCUT2D eigenvalue weighted by Gasteiger charge is 2.02. The molecule has 0 aliphatic carbocycles. The molecule has 0 fully saturated rings. The molecule has 0 saturated heterocycles. The lowest BCUT2D eigenvalue weighted by Gasteiger charge is -2.09. The molecule has 0 atom stereocenters. The maximum Gasteiger partial charge on any atom is 0.127 e. The van der Waals surface area contributed by atoms with Crippen LogP contribution in [0.3, 0.4) is 0 Å². The maximum absolute atomic E-state index is 5.65. The van der Waals surface area contributed by atoms with Gasteiger partial charge in [-0.2, -0.15) is 0 Å². The number of pyridine rings is 1. The van der Waals surface area contributed by atoms with E-state index in [0.29, 0.717) is 11.5 Å². The molecular weight excluding hydrogens is 270 g/mol. The van der Waals surface area contributed by atoms with Crippen molar-refractivity contribution in [1.82, 2.24) is 4.98 Å². The van der Waals surface area contributed by atoms with Gasteiger partial charge in [0.15, 0.2) is 0 Å². The third-order valence-corrected chi connectivity index (χ3v) is 3.11. The van der Waals surface area contributed by atoms with Crippen molar-refractivity contribution in [3.63, 3.8) is 0 Å². The van der Waals surface area contributed by atoms with Gasteiger partial charge in [-0.1, -0.05) is 24.4 Å². The SMILES string of the molecule is COc1ccc(CNc2cc(C(N)=S)cc(C)n2)cc1. The largest absolute Gasteiger partial charge is 0.497 e. The van der Waals surface area contributed by atoms with E-state index >= 15 is 0 Å². The van der Waals surface area contributed by atoms with Crippen LogP contribution < -0.4 is 15.8 Å². The Morgan fingerprint density at radius 3 is 2.60 bits per heavy atom. The van der Waals surface area contributed by atoms with Gasteiger partial charge in [-0.25, -0.2) is 4.98 Å². The second kappa shape index (κ2) is 6.34. The molecule has 0 amide bonds. The molecule has 0 unspecified atom stereocenters. The Bertz CT molecular complexity index is 611. The van der Waals surface area contributed by atoms with Crippen LogP contribution in [0.5, 0.6) is 5.75 Å². The van der Waals surface area contributed by atoms with E-state index in [1.807, 2.05) is 43.3 Å². The number of ether oxygens (including phenoxy) is 1. The number of methoxy groups -OCH3 is 1. The van der Waals surface area contributed by atoms with Crippen LogP contribution in [0.4, 0.5) is 5.82 Å². The number of nitrogens with zero attached hydrogens (tertiary/aromatic N) is 1. The number of rotatable bonds is 5. The van der Waals surface area contributed by atoms with Gasteiger partial charge in [0.05, 0.1) is 7.11 Å². The average molecular weight is 287 g/mol. The van der Waals surface area contributed by atoms with Gasteiger partial charge in [-0.3, -0.25) is 0 Å². The molecule has 1 aromatic carbocycles. The summed E-state index contributed by atoms with van der Waals surface area (Å²) in [6, 6.07) is 11.6. The first-order valence-corrected chi connectivity index (χ1v) is 6.64. The van der Waals surface area contributed by atoms with Gasteiger partial charge in [-0.05, 0) is 36.8 Å². The summed E-state index contributed by atoms with van der Waals surface area (Å²) in [5.74, 6) is 1.61. The van der Waals surface area contributed by atoms with Gasteiger partial charge in [0, 0.05) is 17.8 Å². The van der Waals surface area contributed by atoms with Crippen molar-refractivity contribution in [3.05, 3.63) is 53.2 Å². The van der Waals surface area contributed by atoms with Crippen molar-refractivity contribution in [2.24, 2.45) is 5.73 Å². The van der Waals surface area contributed by atoms with Gasteiger partial charge < -0.3 is 15.8 Å². The highest BCUT2D eigenvalue weighted by atomic mass is 32.1. The minimum Gasteiger partial charge on any atom is -0.497 e. The Hall–Kier alpha value is -2.14. The fraction of sp³-hybridized carbons (Fsp3) is 0.200. The topological polar surface area (TPSA) is 60.2 Å². The van der Waals surface area contributed by atoms with Crippen LogP contribution in [0.15, 0.2) is 36.4 Å². The Morgan fingerprint density at radius 1 is 1.30 bits per heavy atom. The second-order valence-corrected chi connectivity index (χ2v) is 4.89. The number of benzene rings is 1. The van der Waals surface area contributed by atoms with Crippen LogP contribution in [-0.4, -0.2) is 17.1 Å². The molecule has 2 aromatic rings. The fourth-order valence-corrected chi connectivity index (χ4v) is 1.96. The van der Waals surface area contributed by atoms with Gasteiger partial charge in [0.25, 0.3) is 0 Å². The second-order valence-electron chi connectivity index (χ2n) is 4.45. The third kappa shape index (κ3) is 3.68. The zero-order valence-electron chi connectivity index (χ0n) is 11.5. The molecule has 2 rings (SSSR count). The standard InChI is InChI=1S/C15H17N3OS/c1-10-7-12(15(16)20)8-14(18-10)17-9-11-3-5-13(19-2)6-4-11/h3-8H,9H2,1-2H3,(H2,16,20)(H,17,18). The number of hydrogen-bond acceptors (Lipinski definition) is 4. The monoisotopic (exact) mass is 287 g/mol. The molecule has 104 valence electrons. The van der Waals surface area contributed by atoms with E-state index in [0.717, 1.165) is 28.4 Å². The molecule has 3 N–H and O–H groups in total. The van der Waals surface area contributed by atoms with Crippen LogP contribution >= 0.6 is 12.2 Å². The zero-order chi connectivity index (χ0) is 14.5. The lowest BCUT2D eigenvalue weighted by molar-refractivity contribution is 0.414. The van der Waals surface area contributed by atoms with Gasteiger partial charge in [-0.15, -0.1) is 0 Å². The van der Waals surface area contributed by atoms with Crippen molar-refractivity contribution >= 4 is 23.0 Å². The van der Waals surface area contributed by atoms with E-state index < -0.39 is 0 Å². The predicted octanol–water partition coefficient (Wildman–Crippen LogP) is 2.64. The van der Waals surface area contributed by atoms with E-state index in [4.69, 9.17) is 22.7 Å². The van der Waals surface area contributed by atoms with Crippen molar-refractivity contribution in [2.75, 3.05) is 12.4 Å². The summed E-state index contributed by atoms with van der Waals surface area (Å²) in [6.07, 6.45) is 0. The zero-order valence-corrected chi connectivity index (χ0v) is 12.3. The Kier molecular flexibility index (Phi) is 4.53. The van der Waals surface area contributed by atoms with E-state index in [-0.39, 0.29) is 0 Å². The summed E-state index contributed by atoms with van der Waals surface area (Å²) in [4.78, 5) is 4.79. The minimum absolute atomic E-state index is 0.378. The van der Waals surface area contributed by atoms with E-state index in [1.54, 1.807) is 7.11 Å². The van der Waals surface area contributed by atoms with Gasteiger partial charge in [0.1, 0.15) is 16.6 Å². The lowest BCUT2D eigenvalue weighted by Crippen LogP contribution is -2.11. The van der Waals surface area contributed by atoms with Crippen molar-refractivity contribution in [1.29, 1.82) is 0 Å². The molecule has 0 bridgehead atoms. The smallest absolute Gasteiger partial charge is 0.127 e. The molecule has 0 saturated carbocycles. The average Bonchev–Trinajstić information content (AvgIpc) is 2.45. The van der Waals surface area contributed by atoms with Gasteiger partial charge in [0.2, 0.25) is 0 Å². The van der Waals surface area contributed by atoms with E-state index in [1.165, 1.54) is 0 Å². The molecule has 5 heteroatoms. The number of nitrogens with one attached hydrogen (secondary N) is 1. The molecule has 1 aromatic heterocycles. The summed E-state index contributed by atoms with van der Waals surface area (Å²) in [5, 5.41) is 3.27. The van der Waals surface area contributed by atoms with Crippen LogP contribution in [0, 0.1) is 6.92 Å². The van der Waals surface area contributed by atoms with Gasteiger partial charge >= 0.3 is 0 Å². The molecule has 0 aliphatic heterocycles. The number of anilines is 1. The third-order valence-electron chi connectivity index (χ3n) is 2.87. The Balaban J connectivity index is 2.08. The highest BCUT2D eigenvalue weighted by Crippen LogP contribution is 2.14. The number of aromatic nitrogens is 1. The quantitative estimate of drug-likeness (QED) is 0.828. The van der Waals surface area contributed by atoms with Crippen molar-refractivity contribution in [2.45, 2.75) is 13.5 Å². The molecule has 0 aliphatic rings. The molecule has 4 nitrogen and oxygen atoms in total. The minimum atomic E-state index is 0.378. The first-order valence-electron chi connectivity index (χ1n) is 6.24. The first kappa shape index (κ1) is 14.3. The summed E-state index contributed by atoms with van der Waals surface area (Å²) in [6.45, 7) is 2.59. The van der Waals surface area contributed by atoms with Crippen LogP contribution in [0.1, 0.15) is 16.8 Å². The predicted molar refractivity (Wildman–Crippen MR) is 85.2 cm³/mol. The van der Waals surface area contributed by atoms with Crippen LogP contribution in [-0.2, 0) is 6.54 Å². The van der Waals surface area contributed by atoms with Crippen LogP contribution in [0.25, 0.3) is 0 Å². The summed E-state index contributed by atoms with van der Waals surface area (Å²) >= 11 is 4.99. The van der Waals surface area contributed by atoms with E-state index in [2.05, 4.69) is 10.3 Å². The molecule has 20 heavy (non-hydrogen) atoms. The number of nitrogens with two attached hydrogens (primary N) is 1. The van der Waals surface area contributed by atoms with Crippen LogP contribution in [0.2, 0.25) is 0 Å². The molecule has 1 heterocycles. The number of aryl methyl sites for hydroxylation is 1. The fourth-order valence-electron chi connectivity index (χ4n) is 1.84. The maximum atomic E-state index is 5.65. The summed E-state index contributed by atoms with van der Waals surface area (Å²) in [5.41, 5.74) is 8.50. The number of hydrogen-bond donors (Lipinski definition) is 2. The highest BCUT2D eigenvalue weighted by molar-refractivity contribution is 7.80. The van der Waals surface area contributed by atoms with E-state index in [9.17, 15) is 0 Å². The lowest BCUT2D eigenvalue weighted by atomic mass is 10.2. The summed E-state index contributed by atoms with van der Waals surface area (Å²) < 4.78 is 5.13. The molecule has 0 spiro atoms. The normalized spacial score (nSPS) is 10.1. The molecular formula is C15H17N3OS. The summed E-state index contributed by atoms with van der Waals surface area (Å²) in [7, 11) is 1.65. The Morgan fingerprint density at radius 2 is 2.00 bits per heavy atom.